The quantitative estimate of drug-likeness (QED) is 0.498. The number of pyridine rings is 2. The van der Waals surface area contributed by atoms with Crippen molar-refractivity contribution >= 4 is 12.2 Å². The summed E-state index contributed by atoms with van der Waals surface area (Å²) in [5.41, 5.74) is 11.1. The zero-order valence-corrected chi connectivity index (χ0v) is 20.1. The van der Waals surface area contributed by atoms with Crippen LogP contribution in [0.25, 0.3) is 12.2 Å². The molecule has 0 radical (unpaired) electrons. The van der Waals surface area contributed by atoms with Crippen LogP contribution in [0.1, 0.15) is 131 Å². The zero-order valence-electron chi connectivity index (χ0n) is 20.1. The van der Waals surface area contributed by atoms with Crippen LogP contribution < -0.4 is 0 Å². The molecule has 0 atom stereocenters. The Bertz CT molecular complexity index is 880. The van der Waals surface area contributed by atoms with Gasteiger partial charge >= 0.3 is 0 Å². The van der Waals surface area contributed by atoms with Crippen LogP contribution in [0.4, 0.5) is 0 Å². The lowest BCUT2D eigenvalue weighted by molar-refractivity contribution is 0.786. The second-order valence-electron chi connectivity index (χ2n) is 9.81. The summed E-state index contributed by atoms with van der Waals surface area (Å²) in [5, 5.41) is 0. The predicted octanol–water partition coefficient (Wildman–Crippen LogP) is 8.43. The fraction of sp³-hybridized carbons (Fsp3) is 0.517. The number of nitrogens with zero attached hydrogens (tertiary/aromatic N) is 2. The molecule has 0 bridgehead atoms. The van der Waals surface area contributed by atoms with Gasteiger partial charge in [-0.1, -0.05) is 87.1 Å². The molecule has 0 aromatic carbocycles. The van der Waals surface area contributed by atoms with E-state index in [9.17, 15) is 0 Å². The molecule has 0 fully saturated rings. The summed E-state index contributed by atoms with van der Waals surface area (Å²) in [6, 6.07) is 0. The molecule has 4 rings (SSSR count). The second kappa shape index (κ2) is 10.4. The smallest absolute Gasteiger partial charge is 0.0504 e. The molecule has 168 valence electrons. The van der Waals surface area contributed by atoms with E-state index < -0.39 is 0 Å². The normalized spacial score (nSPS) is 13.5. The van der Waals surface area contributed by atoms with Gasteiger partial charge in [0.15, 0.2) is 0 Å². The summed E-state index contributed by atoms with van der Waals surface area (Å²) >= 11 is 0. The van der Waals surface area contributed by atoms with Gasteiger partial charge in [-0.05, 0) is 69.9 Å². The summed E-state index contributed by atoms with van der Waals surface area (Å²) in [6.07, 6.45) is 15.3. The van der Waals surface area contributed by atoms with Gasteiger partial charge in [-0.25, -0.2) is 0 Å². The van der Waals surface area contributed by atoms with Crippen LogP contribution >= 0.6 is 0 Å². The number of rotatable bonds is 4. The molecule has 0 aliphatic heterocycles. The van der Waals surface area contributed by atoms with Crippen molar-refractivity contribution in [2.75, 3.05) is 0 Å². The van der Waals surface area contributed by atoms with E-state index in [1.165, 1.54) is 44.8 Å². The van der Waals surface area contributed by atoms with Gasteiger partial charge in [-0.15, -0.1) is 0 Å². The van der Waals surface area contributed by atoms with Crippen LogP contribution in [0.2, 0.25) is 0 Å². The molecule has 0 saturated carbocycles. The summed E-state index contributed by atoms with van der Waals surface area (Å²) in [6.45, 7) is 17.8. The van der Waals surface area contributed by atoms with Crippen molar-refractivity contribution in [1.29, 1.82) is 0 Å². The molecule has 0 amide bonds. The Morgan fingerprint density at radius 2 is 1.06 bits per heavy atom. The highest BCUT2D eigenvalue weighted by atomic mass is 14.7. The van der Waals surface area contributed by atoms with E-state index in [0.717, 1.165) is 12.8 Å². The van der Waals surface area contributed by atoms with Crippen molar-refractivity contribution < 1.29 is 0 Å². The van der Waals surface area contributed by atoms with E-state index in [4.69, 9.17) is 0 Å². The largest absolute Gasteiger partial charge is 0.260 e. The molecular weight excluding hydrogens is 376 g/mol. The minimum absolute atomic E-state index is 0. The van der Waals surface area contributed by atoms with Gasteiger partial charge in [0.05, 0.1) is 5.69 Å². The van der Waals surface area contributed by atoms with Crippen molar-refractivity contribution in [3.8, 4) is 0 Å². The van der Waals surface area contributed by atoms with E-state index >= 15 is 0 Å². The number of aromatic nitrogens is 2. The Morgan fingerprint density at radius 1 is 0.581 bits per heavy atom. The molecule has 0 spiro atoms. The van der Waals surface area contributed by atoms with Crippen LogP contribution in [0.5, 0.6) is 0 Å². The third-order valence-electron chi connectivity index (χ3n) is 6.13. The van der Waals surface area contributed by atoms with Crippen LogP contribution in [-0.2, 0) is 12.8 Å². The number of fused-ring (bicyclic) bond motifs is 2. The Balaban J connectivity index is 0.000000213. The lowest BCUT2D eigenvalue weighted by Gasteiger charge is -2.16. The fourth-order valence-corrected chi connectivity index (χ4v) is 4.52. The summed E-state index contributed by atoms with van der Waals surface area (Å²) in [7, 11) is 0. The maximum absolute atomic E-state index is 4.63. The highest BCUT2D eigenvalue weighted by Gasteiger charge is 2.19. The molecule has 2 aromatic rings. The topological polar surface area (TPSA) is 25.8 Å². The van der Waals surface area contributed by atoms with Crippen molar-refractivity contribution in [2.45, 2.75) is 99.3 Å². The lowest BCUT2D eigenvalue weighted by Crippen LogP contribution is -2.04. The molecule has 0 unspecified atom stereocenters. The number of hydrogen-bond acceptors (Lipinski definition) is 2. The van der Waals surface area contributed by atoms with Gasteiger partial charge in [0.25, 0.3) is 0 Å². The van der Waals surface area contributed by atoms with E-state index in [2.05, 4.69) is 102 Å². The van der Waals surface area contributed by atoms with Gasteiger partial charge in [-0.3, -0.25) is 9.97 Å². The Hall–Kier alpha value is -2.22. The average molecular weight is 419 g/mol. The molecule has 2 aliphatic carbocycles. The molecule has 31 heavy (non-hydrogen) atoms. The Morgan fingerprint density at radius 3 is 1.61 bits per heavy atom. The minimum atomic E-state index is 0. The minimum Gasteiger partial charge on any atom is -0.260 e. The zero-order chi connectivity index (χ0) is 22.0. The highest BCUT2D eigenvalue weighted by molar-refractivity contribution is 5.65. The molecule has 2 heterocycles. The first kappa shape index (κ1) is 25.0. The summed E-state index contributed by atoms with van der Waals surface area (Å²) in [4.78, 5) is 9.25. The molecular formula is C29H42N2. The van der Waals surface area contributed by atoms with E-state index in [1.54, 1.807) is 0 Å². The van der Waals surface area contributed by atoms with Gasteiger partial charge in [0, 0.05) is 18.1 Å². The monoisotopic (exact) mass is 418 g/mol. The SMILES string of the molecule is C.CC(C)c1cnc(C(C)C)c2c1C=CC2.CC(C)c1cnc(C(C)C)c2c1CC=C2. The molecule has 2 aromatic heterocycles. The third-order valence-corrected chi connectivity index (χ3v) is 6.13. The predicted molar refractivity (Wildman–Crippen MR) is 137 cm³/mol. The summed E-state index contributed by atoms with van der Waals surface area (Å²) in [5.74, 6) is 2.19. The van der Waals surface area contributed by atoms with Crippen molar-refractivity contribution in [2.24, 2.45) is 0 Å². The van der Waals surface area contributed by atoms with Crippen LogP contribution in [0, 0.1) is 0 Å². The van der Waals surface area contributed by atoms with Crippen LogP contribution in [0.15, 0.2) is 24.5 Å². The highest BCUT2D eigenvalue weighted by Crippen LogP contribution is 2.33. The first-order valence-electron chi connectivity index (χ1n) is 11.6. The summed E-state index contributed by atoms with van der Waals surface area (Å²) < 4.78 is 0. The number of allylic oxidation sites excluding steroid dienone is 2. The average Bonchev–Trinajstić information content (AvgIpc) is 3.35. The molecule has 0 saturated heterocycles. The molecule has 2 aliphatic rings. The van der Waals surface area contributed by atoms with Gasteiger partial charge < -0.3 is 0 Å². The first-order chi connectivity index (χ1) is 14.2. The number of hydrogen-bond donors (Lipinski definition) is 0. The maximum Gasteiger partial charge on any atom is 0.0504 e. The van der Waals surface area contributed by atoms with Crippen LogP contribution in [-0.4, -0.2) is 9.97 Å². The van der Waals surface area contributed by atoms with Crippen molar-refractivity contribution in [3.05, 3.63) is 69.3 Å². The standard InChI is InChI=1S/2C14H19N.CH4/c2*1-9(2)13-8-15-14(10(3)4)12-7-5-6-11(12)13;/h5,7-10H,6H2,1-4H3;5-6,8-10H,7H2,1-4H3;1H4. The van der Waals surface area contributed by atoms with E-state index in [0.29, 0.717) is 23.7 Å². The van der Waals surface area contributed by atoms with E-state index in [1.807, 2.05) is 0 Å². The molecule has 2 heteroatoms. The first-order valence-corrected chi connectivity index (χ1v) is 11.6. The van der Waals surface area contributed by atoms with Crippen molar-refractivity contribution in [1.82, 2.24) is 9.97 Å². The molecule has 0 N–H and O–H groups in total. The fourth-order valence-electron chi connectivity index (χ4n) is 4.52. The maximum atomic E-state index is 4.63. The van der Waals surface area contributed by atoms with Gasteiger partial charge in [-0.2, -0.15) is 0 Å². The Kier molecular flexibility index (Phi) is 8.40. The second-order valence-corrected chi connectivity index (χ2v) is 9.81. The third kappa shape index (κ3) is 5.17. The molecule has 2 nitrogen and oxygen atoms in total. The Labute approximate surface area is 190 Å². The van der Waals surface area contributed by atoms with Gasteiger partial charge in [0.1, 0.15) is 0 Å². The lowest BCUT2D eigenvalue weighted by atomic mass is 9.93. The van der Waals surface area contributed by atoms with Gasteiger partial charge in [0.2, 0.25) is 0 Å². The van der Waals surface area contributed by atoms with E-state index in [-0.39, 0.29) is 7.43 Å². The van der Waals surface area contributed by atoms with Crippen molar-refractivity contribution in [3.63, 3.8) is 0 Å². The van der Waals surface area contributed by atoms with Crippen LogP contribution in [0.3, 0.4) is 0 Å².